The highest BCUT2D eigenvalue weighted by Gasteiger charge is 2.58. The second kappa shape index (κ2) is 27.8. The molecule has 0 radical (unpaired) electrons. The van der Waals surface area contributed by atoms with E-state index in [0.717, 1.165) is 134 Å². The Kier molecular flexibility index (Phi) is 27.4. The highest BCUT2D eigenvalue weighted by atomic mass is 28.3. The lowest BCUT2D eigenvalue weighted by atomic mass is 10.0. The Morgan fingerprint density at radius 1 is 0.232 bits per heavy atom. The van der Waals surface area contributed by atoms with Gasteiger partial charge in [-0.15, -0.1) is 0 Å². The van der Waals surface area contributed by atoms with Crippen LogP contribution in [0.1, 0.15) is 193 Å². The predicted octanol–water partition coefficient (Wildman–Crippen LogP) is 17.2. The van der Waals surface area contributed by atoms with Gasteiger partial charge in [-0.1, -0.05) is 154 Å². The van der Waals surface area contributed by atoms with Crippen molar-refractivity contribution in [2.24, 2.45) is 5.40 Å². The Bertz CT molecular complexity index is 835. The van der Waals surface area contributed by atoms with Crippen LogP contribution in [0.5, 0.6) is 0 Å². The molecule has 0 aliphatic carbocycles. The van der Waals surface area contributed by atoms with Gasteiger partial charge in [0, 0.05) is 19.3 Å². The van der Waals surface area contributed by atoms with Gasteiger partial charge in [-0.3, -0.25) is 0 Å². The molecule has 0 amide bonds. The van der Waals surface area contributed by atoms with Gasteiger partial charge in [-0.25, -0.2) is 0 Å². The van der Waals surface area contributed by atoms with Crippen molar-refractivity contribution in [1.29, 1.82) is 0 Å². The number of hydrogen-bond acceptors (Lipinski definition) is 1. The quantitative estimate of drug-likeness (QED) is 0.0379. The van der Waals surface area contributed by atoms with Gasteiger partial charge in [0.25, 0.3) is 0 Å². The van der Waals surface area contributed by atoms with Gasteiger partial charge in [-0.05, 0) is 37.4 Å². The molecule has 0 aromatic rings. The average molecular weight is 864 g/mol. The largest absolute Gasteiger partial charge is 0.453 e. The van der Waals surface area contributed by atoms with Crippen LogP contribution in [-0.2, 0) is 0 Å². The number of rotatable bonds is 36. The van der Waals surface area contributed by atoms with Gasteiger partial charge < -0.3 is 5.40 Å². The van der Waals surface area contributed by atoms with Crippen LogP contribution in [-0.4, -0.2) is 44.5 Å². The molecule has 0 rings (SSSR count). The first kappa shape index (κ1) is 55.1. The lowest BCUT2D eigenvalue weighted by Crippen LogP contribution is -2.45. The van der Waals surface area contributed by atoms with Crippen molar-refractivity contribution in [3.8, 4) is 0 Å². The fraction of sp³-hybridized carbons (Fsp3) is 1.00. The third-order valence-corrected chi connectivity index (χ3v) is 14.8. The third kappa shape index (κ3) is 26.3. The molecule has 0 bridgehead atoms. The summed E-state index contributed by atoms with van der Waals surface area (Å²) >= 11 is 0. The molecule has 17 heteroatoms. The van der Waals surface area contributed by atoms with Gasteiger partial charge >= 0.3 is 36.3 Å². The molecule has 0 unspecified atom stereocenters. The smallest absolute Gasteiger partial charge is 0.351 e. The molecule has 0 saturated carbocycles. The fourth-order valence-electron chi connectivity index (χ4n) is 6.98. The minimum Gasteiger partial charge on any atom is -0.351 e. The number of alkyl halides is 15. The SMILES string of the molecule is N[Si](CCCCCCCCCCCC(F)(F)C(F)(F)F)(CCCCCCCCCCCC(F)(F)C(F)(F)F)CCCCCCCCCCCC(F)(F)C(F)(F)F. The summed E-state index contributed by atoms with van der Waals surface area (Å²) in [4.78, 5) is 0. The highest BCUT2D eigenvalue weighted by molar-refractivity contribution is 6.76. The first-order valence-electron chi connectivity index (χ1n) is 21.0. The first-order chi connectivity index (χ1) is 25.9. The van der Waals surface area contributed by atoms with E-state index in [1.165, 1.54) is 0 Å². The molecule has 56 heavy (non-hydrogen) atoms. The van der Waals surface area contributed by atoms with E-state index in [1.807, 2.05) is 0 Å². The van der Waals surface area contributed by atoms with E-state index in [0.29, 0.717) is 38.5 Å². The highest BCUT2D eigenvalue weighted by Crippen LogP contribution is 2.41. The maximum Gasteiger partial charge on any atom is 0.453 e. The van der Waals surface area contributed by atoms with Crippen molar-refractivity contribution < 1.29 is 65.9 Å². The Labute approximate surface area is 326 Å². The monoisotopic (exact) mass is 863 g/mol. The molecule has 0 heterocycles. The number of halogens is 15. The summed E-state index contributed by atoms with van der Waals surface area (Å²) in [6.07, 6.45) is -0.797. The molecule has 0 aliphatic heterocycles. The van der Waals surface area contributed by atoms with Crippen LogP contribution in [0.15, 0.2) is 0 Å². The third-order valence-electron chi connectivity index (χ3n) is 10.7. The molecular formula is C39H68F15NSi. The van der Waals surface area contributed by atoms with Gasteiger partial charge in [0.05, 0.1) is 0 Å². The van der Waals surface area contributed by atoms with E-state index in [9.17, 15) is 65.9 Å². The minimum absolute atomic E-state index is 0.166. The van der Waals surface area contributed by atoms with Crippen LogP contribution in [0.25, 0.3) is 0 Å². The maximum absolute atomic E-state index is 13.0. The molecule has 0 saturated heterocycles. The van der Waals surface area contributed by atoms with Crippen LogP contribution in [0.4, 0.5) is 65.9 Å². The van der Waals surface area contributed by atoms with E-state index >= 15 is 0 Å². The zero-order chi connectivity index (χ0) is 42.8. The Balaban J connectivity index is 4.39. The second-order valence-corrected chi connectivity index (χ2v) is 20.2. The summed E-state index contributed by atoms with van der Waals surface area (Å²) in [6.45, 7) is 0. The average Bonchev–Trinajstić information content (AvgIpc) is 3.07. The number of unbranched alkanes of at least 4 members (excludes halogenated alkanes) is 24. The van der Waals surface area contributed by atoms with E-state index < -0.39 is 63.8 Å². The van der Waals surface area contributed by atoms with Crippen LogP contribution >= 0.6 is 0 Å². The summed E-state index contributed by atoms with van der Waals surface area (Å²) in [5, 5.41) is 7.06. The topological polar surface area (TPSA) is 26.0 Å². The molecule has 0 aromatic heterocycles. The molecule has 0 aliphatic rings. The molecule has 1 nitrogen and oxygen atoms in total. The molecule has 0 spiro atoms. The standard InChI is InChI=1S/C39H68F15NSi/c40-34(41,37(46,47)48)28-22-16-10-4-1-7-13-19-25-31-56(55,32-26-20-14-8-2-5-11-17-23-29-35(42,43)38(49,50)51)33-27-21-15-9-3-6-12-18-24-30-36(44,45)39(52,53)54/h1-33,55H2. The van der Waals surface area contributed by atoms with Gasteiger partial charge in [0.1, 0.15) is 8.24 Å². The lowest BCUT2D eigenvalue weighted by Gasteiger charge is -2.27. The number of hydrogen-bond donors (Lipinski definition) is 1. The minimum atomic E-state index is -5.51. The van der Waals surface area contributed by atoms with Crippen LogP contribution in [0, 0.1) is 0 Å². The Morgan fingerprint density at radius 3 is 0.536 bits per heavy atom. The summed E-state index contributed by atoms with van der Waals surface area (Å²) in [5.41, 5.74) is 0. The van der Waals surface area contributed by atoms with Gasteiger partial charge in [0.15, 0.2) is 0 Å². The van der Waals surface area contributed by atoms with Crippen LogP contribution in [0.2, 0.25) is 18.1 Å². The molecular weight excluding hydrogens is 795 g/mol. The summed E-state index contributed by atoms with van der Waals surface area (Å²) in [5.74, 6) is -13.9. The van der Waals surface area contributed by atoms with Crippen molar-refractivity contribution in [2.75, 3.05) is 0 Å². The Hall–Kier alpha value is -0.873. The van der Waals surface area contributed by atoms with Crippen molar-refractivity contribution in [2.45, 2.75) is 247 Å². The number of nitrogens with two attached hydrogens (primary N) is 1. The Morgan fingerprint density at radius 2 is 0.375 bits per heavy atom. The lowest BCUT2D eigenvalue weighted by molar-refractivity contribution is -0.284. The molecule has 0 aromatic carbocycles. The summed E-state index contributed by atoms with van der Waals surface area (Å²) < 4.78 is 188. The van der Waals surface area contributed by atoms with Crippen molar-refractivity contribution in [1.82, 2.24) is 0 Å². The van der Waals surface area contributed by atoms with Gasteiger partial charge in [0.2, 0.25) is 0 Å². The summed E-state index contributed by atoms with van der Waals surface area (Å²) in [7, 11) is -2.03. The van der Waals surface area contributed by atoms with E-state index in [1.54, 1.807) is 0 Å². The van der Waals surface area contributed by atoms with Crippen molar-refractivity contribution in [3.63, 3.8) is 0 Å². The maximum atomic E-state index is 13.0. The van der Waals surface area contributed by atoms with Crippen LogP contribution in [0.3, 0.4) is 0 Å². The van der Waals surface area contributed by atoms with E-state index in [-0.39, 0.29) is 19.3 Å². The van der Waals surface area contributed by atoms with Gasteiger partial charge in [-0.2, -0.15) is 65.9 Å². The molecule has 2 N–H and O–H groups in total. The fourth-order valence-corrected chi connectivity index (χ4v) is 10.6. The van der Waals surface area contributed by atoms with Crippen molar-refractivity contribution >= 4 is 8.24 Å². The second-order valence-electron chi connectivity index (χ2n) is 16.0. The van der Waals surface area contributed by atoms with Crippen molar-refractivity contribution in [3.05, 3.63) is 0 Å². The molecule has 0 atom stereocenters. The zero-order valence-electron chi connectivity index (χ0n) is 33.1. The van der Waals surface area contributed by atoms with Crippen LogP contribution < -0.4 is 5.40 Å². The first-order valence-corrected chi connectivity index (χ1v) is 23.7. The normalized spacial score (nSPS) is 13.9. The molecule has 0 fully saturated rings. The predicted molar refractivity (Wildman–Crippen MR) is 196 cm³/mol. The zero-order valence-corrected chi connectivity index (χ0v) is 34.1. The van der Waals surface area contributed by atoms with E-state index in [2.05, 4.69) is 0 Å². The summed E-state index contributed by atoms with van der Waals surface area (Å²) in [6, 6.07) is 2.96. The van der Waals surface area contributed by atoms with E-state index in [4.69, 9.17) is 5.40 Å². The molecule has 338 valence electrons.